The summed E-state index contributed by atoms with van der Waals surface area (Å²) < 4.78 is 19.7. The molecule has 4 rings (SSSR count). The van der Waals surface area contributed by atoms with Crippen LogP contribution in [0.2, 0.25) is 0 Å². The molecule has 1 aliphatic heterocycles. The monoisotopic (exact) mass is 416 g/mol. The molecule has 3 aromatic rings. The molecule has 0 radical (unpaired) electrons. The molecule has 0 aromatic heterocycles. The first kappa shape index (κ1) is 20.3. The van der Waals surface area contributed by atoms with Crippen LogP contribution in [0, 0.1) is 12.7 Å². The minimum atomic E-state index is -0.470. The summed E-state index contributed by atoms with van der Waals surface area (Å²) in [7, 11) is 0. The summed E-state index contributed by atoms with van der Waals surface area (Å²) in [4.78, 5) is 26.4. The van der Waals surface area contributed by atoms with E-state index >= 15 is 0 Å². The van der Waals surface area contributed by atoms with Crippen LogP contribution in [-0.2, 0) is 17.9 Å². The predicted octanol–water partition coefficient (Wildman–Crippen LogP) is 4.81. The second-order valence-electron chi connectivity index (χ2n) is 7.29. The van der Waals surface area contributed by atoms with Crippen LogP contribution in [0.15, 0.2) is 78.5 Å². The third-order valence-electron chi connectivity index (χ3n) is 4.95. The fourth-order valence-corrected chi connectivity index (χ4v) is 3.37. The lowest BCUT2D eigenvalue weighted by Crippen LogP contribution is -2.30. The number of halogens is 1. The maximum absolute atomic E-state index is 13.9. The molecule has 0 bridgehead atoms. The minimum Gasteiger partial charge on any atom is -0.488 e. The number of carbonyl (C=O) groups excluding carboxylic acids is 2. The van der Waals surface area contributed by atoms with Gasteiger partial charge in [-0.2, -0.15) is 0 Å². The average molecular weight is 416 g/mol. The number of para-hydroxylation sites is 1. The molecular formula is C25H21FN2O3. The molecule has 1 heterocycles. The molecule has 6 heteroatoms. The Kier molecular flexibility index (Phi) is 5.80. The molecule has 3 amide bonds. The Bertz CT molecular complexity index is 1170. The van der Waals surface area contributed by atoms with Crippen LogP contribution in [0.4, 0.5) is 9.18 Å². The van der Waals surface area contributed by atoms with Gasteiger partial charge < -0.3 is 10.1 Å². The predicted molar refractivity (Wildman–Crippen MR) is 115 cm³/mol. The van der Waals surface area contributed by atoms with Gasteiger partial charge in [-0.3, -0.25) is 9.69 Å². The number of carbonyl (C=O) groups is 2. The van der Waals surface area contributed by atoms with Crippen molar-refractivity contribution in [1.82, 2.24) is 10.2 Å². The number of hydrogen-bond donors (Lipinski definition) is 1. The number of ether oxygens (including phenoxy) is 1. The Morgan fingerprint density at radius 2 is 1.77 bits per heavy atom. The number of nitrogens with one attached hydrogen (secondary N) is 1. The van der Waals surface area contributed by atoms with Gasteiger partial charge in [-0.1, -0.05) is 66.2 Å². The first-order chi connectivity index (χ1) is 15.0. The van der Waals surface area contributed by atoms with E-state index in [1.54, 1.807) is 48.5 Å². The highest BCUT2D eigenvalue weighted by Gasteiger charge is 2.33. The van der Waals surface area contributed by atoms with Gasteiger partial charge in [0.1, 0.15) is 23.9 Å². The maximum Gasteiger partial charge on any atom is 0.329 e. The highest BCUT2D eigenvalue weighted by molar-refractivity contribution is 6.14. The summed E-state index contributed by atoms with van der Waals surface area (Å²) in [5, 5.41) is 2.63. The van der Waals surface area contributed by atoms with E-state index in [1.807, 2.05) is 31.2 Å². The van der Waals surface area contributed by atoms with Crippen LogP contribution in [-0.4, -0.2) is 16.8 Å². The van der Waals surface area contributed by atoms with Gasteiger partial charge in [0.15, 0.2) is 0 Å². The number of rotatable bonds is 6. The number of aryl methyl sites for hydroxylation is 1. The van der Waals surface area contributed by atoms with Gasteiger partial charge >= 0.3 is 6.03 Å². The molecule has 1 fully saturated rings. The Morgan fingerprint density at radius 1 is 1.00 bits per heavy atom. The maximum atomic E-state index is 13.9. The SMILES string of the molecule is Cc1cccc(CN2C(=O)N/C(=C/c3ccccc3OCc3ccccc3F)C2=O)c1. The Labute approximate surface area is 179 Å². The van der Waals surface area contributed by atoms with Gasteiger partial charge in [0.2, 0.25) is 0 Å². The van der Waals surface area contributed by atoms with Crippen molar-refractivity contribution in [3.63, 3.8) is 0 Å². The van der Waals surface area contributed by atoms with E-state index in [4.69, 9.17) is 4.74 Å². The van der Waals surface area contributed by atoms with E-state index < -0.39 is 11.9 Å². The fourth-order valence-electron chi connectivity index (χ4n) is 3.37. The summed E-state index contributed by atoms with van der Waals surface area (Å²) >= 11 is 0. The van der Waals surface area contributed by atoms with Crippen LogP contribution >= 0.6 is 0 Å². The van der Waals surface area contributed by atoms with Crippen LogP contribution in [0.3, 0.4) is 0 Å². The normalized spacial score (nSPS) is 14.8. The average Bonchev–Trinajstić information content (AvgIpc) is 3.01. The zero-order valence-electron chi connectivity index (χ0n) is 17.0. The van der Waals surface area contributed by atoms with Crippen LogP contribution < -0.4 is 10.1 Å². The molecule has 1 saturated heterocycles. The van der Waals surface area contributed by atoms with Crippen molar-refractivity contribution in [3.05, 3.63) is 107 Å². The van der Waals surface area contributed by atoms with Crippen molar-refractivity contribution in [2.24, 2.45) is 0 Å². The third-order valence-corrected chi connectivity index (χ3v) is 4.95. The third kappa shape index (κ3) is 4.64. The summed E-state index contributed by atoms with van der Waals surface area (Å²) in [6, 6.07) is 20.7. The van der Waals surface area contributed by atoms with E-state index in [9.17, 15) is 14.0 Å². The summed E-state index contributed by atoms with van der Waals surface area (Å²) in [5.74, 6) is -0.267. The molecule has 156 valence electrons. The van der Waals surface area contributed by atoms with Crippen LogP contribution in [0.25, 0.3) is 6.08 Å². The molecule has 5 nitrogen and oxygen atoms in total. The number of urea groups is 1. The van der Waals surface area contributed by atoms with Gasteiger partial charge in [-0.05, 0) is 30.7 Å². The number of benzene rings is 3. The van der Waals surface area contributed by atoms with E-state index in [0.29, 0.717) is 16.9 Å². The van der Waals surface area contributed by atoms with Gasteiger partial charge in [0.25, 0.3) is 5.91 Å². The lowest BCUT2D eigenvalue weighted by atomic mass is 10.1. The quantitative estimate of drug-likeness (QED) is 0.464. The molecule has 0 spiro atoms. The number of nitrogens with zero attached hydrogens (tertiary/aromatic N) is 1. The van der Waals surface area contributed by atoms with E-state index in [1.165, 1.54) is 11.0 Å². The van der Waals surface area contributed by atoms with Gasteiger partial charge in [-0.25, -0.2) is 9.18 Å². The van der Waals surface area contributed by atoms with E-state index in [0.717, 1.165) is 11.1 Å². The van der Waals surface area contributed by atoms with E-state index in [2.05, 4.69) is 5.32 Å². The molecule has 1 aliphatic rings. The molecule has 0 saturated carbocycles. The standard InChI is InChI=1S/C25H21FN2O3/c1-17-7-6-8-18(13-17)15-28-24(29)22(27-25(28)30)14-19-9-3-5-12-23(19)31-16-20-10-2-4-11-21(20)26/h2-14H,15-16H2,1H3,(H,27,30)/b22-14+. The number of amides is 3. The van der Waals surface area contributed by atoms with Crippen LogP contribution in [0.1, 0.15) is 22.3 Å². The Balaban J connectivity index is 1.53. The largest absolute Gasteiger partial charge is 0.488 e. The van der Waals surface area contributed by atoms with Crippen molar-refractivity contribution >= 4 is 18.0 Å². The smallest absolute Gasteiger partial charge is 0.329 e. The van der Waals surface area contributed by atoms with Crippen molar-refractivity contribution in [2.45, 2.75) is 20.1 Å². The number of hydrogen-bond acceptors (Lipinski definition) is 3. The van der Waals surface area contributed by atoms with Crippen molar-refractivity contribution in [1.29, 1.82) is 0 Å². The molecule has 0 aliphatic carbocycles. The summed E-state index contributed by atoms with van der Waals surface area (Å²) in [5.41, 5.74) is 3.14. The second kappa shape index (κ2) is 8.83. The highest BCUT2D eigenvalue weighted by atomic mass is 19.1. The van der Waals surface area contributed by atoms with Crippen molar-refractivity contribution in [2.75, 3.05) is 0 Å². The van der Waals surface area contributed by atoms with Crippen LogP contribution in [0.5, 0.6) is 5.75 Å². The molecule has 1 N–H and O–H groups in total. The molecule has 3 aromatic carbocycles. The van der Waals surface area contributed by atoms with Gasteiger partial charge in [0.05, 0.1) is 6.54 Å². The topological polar surface area (TPSA) is 58.6 Å². The lowest BCUT2D eigenvalue weighted by Gasteiger charge is -2.12. The second-order valence-corrected chi connectivity index (χ2v) is 7.29. The number of imide groups is 1. The van der Waals surface area contributed by atoms with E-state index in [-0.39, 0.29) is 24.7 Å². The fraction of sp³-hybridized carbons (Fsp3) is 0.120. The molecular weight excluding hydrogens is 395 g/mol. The molecule has 0 unspecified atom stereocenters. The van der Waals surface area contributed by atoms with Gasteiger partial charge in [-0.15, -0.1) is 0 Å². The first-order valence-corrected chi connectivity index (χ1v) is 9.86. The first-order valence-electron chi connectivity index (χ1n) is 9.86. The zero-order chi connectivity index (χ0) is 21.8. The van der Waals surface area contributed by atoms with Crippen molar-refractivity contribution < 1.29 is 18.7 Å². The minimum absolute atomic E-state index is 0.0483. The Hall–Kier alpha value is -3.93. The summed E-state index contributed by atoms with van der Waals surface area (Å²) in [6.45, 7) is 2.20. The van der Waals surface area contributed by atoms with Gasteiger partial charge in [0, 0.05) is 11.1 Å². The summed E-state index contributed by atoms with van der Waals surface area (Å²) in [6.07, 6.45) is 1.58. The highest BCUT2D eigenvalue weighted by Crippen LogP contribution is 2.24. The zero-order valence-corrected chi connectivity index (χ0v) is 17.0. The Morgan fingerprint density at radius 3 is 2.58 bits per heavy atom. The lowest BCUT2D eigenvalue weighted by molar-refractivity contribution is -0.123. The van der Waals surface area contributed by atoms with Crippen molar-refractivity contribution in [3.8, 4) is 5.75 Å². The molecule has 31 heavy (non-hydrogen) atoms. The molecule has 0 atom stereocenters.